The first-order chi connectivity index (χ1) is 10.5. The molecule has 0 saturated carbocycles. The summed E-state index contributed by atoms with van der Waals surface area (Å²) in [5.74, 6) is 0.624. The minimum absolute atomic E-state index is 0.375. The van der Waals surface area contributed by atoms with Crippen molar-refractivity contribution >= 4 is 17.7 Å². The maximum Gasteiger partial charge on any atom is 0.336 e. The Balaban J connectivity index is 1.79. The fraction of sp³-hybridized carbons (Fsp3) is 0.588. The number of aromatic carboxylic acids is 1. The smallest absolute Gasteiger partial charge is 0.336 e. The standard InChI is InChI=1S/C17H24ClNO3/c1-12-10-15(11-13(2)16(12)17(20)21)22-9-3-4-14-5-7-19(18)8-6-14/h10-11,14H,3-9H2,1-2H3,(H,20,21). The van der Waals surface area contributed by atoms with Crippen LogP contribution in [0.5, 0.6) is 5.75 Å². The van der Waals surface area contributed by atoms with Crippen molar-refractivity contribution in [3.63, 3.8) is 0 Å². The Kier molecular flexibility index (Phi) is 6.09. The number of carbonyl (C=O) groups is 1. The van der Waals surface area contributed by atoms with Crippen molar-refractivity contribution in [2.24, 2.45) is 5.92 Å². The van der Waals surface area contributed by atoms with E-state index in [0.717, 1.165) is 61.6 Å². The predicted molar refractivity (Wildman–Crippen MR) is 87.8 cm³/mol. The van der Waals surface area contributed by atoms with Crippen LogP contribution >= 0.6 is 11.8 Å². The Morgan fingerprint density at radius 1 is 1.32 bits per heavy atom. The van der Waals surface area contributed by atoms with Crippen molar-refractivity contribution in [2.45, 2.75) is 39.5 Å². The molecule has 1 heterocycles. The molecule has 22 heavy (non-hydrogen) atoms. The molecule has 0 aliphatic carbocycles. The van der Waals surface area contributed by atoms with E-state index in [1.165, 1.54) is 0 Å². The first-order valence-electron chi connectivity index (χ1n) is 7.85. The Morgan fingerprint density at radius 3 is 2.45 bits per heavy atom. The third kappa shape index (κ3) is 4.62. The van der Waals surface area contributed by atoms with Crippen molar-refractivity contribution in [3.8, 4) is 5.75 Å². The maximum absolute atomic E-state index is 11.2. The number of rotatable bonds is 6. The minimum atomic E-state index is -0.882. The summed E-state index contributed by atoms with van der Waals surface area (Å²) in [6, 6.07) is 3.62. The van der Waals surface area contributed by atoms with Gasteiger partial charge in [-0.1, -0.05) is 0 Å². The molecule has 0 aromatic heterocycles. The Labute approximate surface area is 137 Å². The molecule has 1 aromatic rings. The normalized spacial score (nSPS) is 16.7. The molecule has 1 fully saturated rings. The number of carboxylic acid groups (broad SMARTS) is 1. The van der Waals surface area contributed by atoms with Crippen LogP contribution in [0.1, 0.15) is 47.2 Å². The second kappa shape index (κ2) is 7.84. The highest BCUT2D eigenvalue weighted by molar-refractivity contribution is 6.13. The van der Waals surface area contributed by atoms with Crippen LogP contribution in [0.2, 0.25) is 0 Å². The van der Waals surface area contributed by atoms with Gasteiger partial charge in [-0.05, 0) is 80.5 Å². The molecular formula is C17H24ClNO3. The van der Waals surface area contributed by atoms with Crippen molar-refractivity contribution in [1.29, 1.82) is 0 Å². The van der Waals surface area contributed by atoms with Crippen molar-refractivity contribution in [3.05, 3.63) is 28.8 Å². The lowest BCUT2D eigenvalue weighted by molar-refractivity contribution is 0.0695. The van der Waals surface area contributed by atoms with Crippen molar-refractivity contribution in [2.75, 3.05) is 19.7 Å². The van der Waals surface area contributed by atoms with Crippen molar-refractivity contribution in [1.82, 2.24) is 4.42 Å². The van der Waals surface area contributed by atoms with Crippen molar-refractivity contribution < 1.29 is 14.6 Å². The van der Waals surface area contributed by atoms with E-state index >= 15 is 0 Å². The summed E-state index contributed by atoms with van der Waals surface area (Å²) < 4.78 is 7.65. The molecule has 0 bridgehead atoms. The number of carboxylic acids is 1. The Bertz CT molecular complexity index is 502. The summed E-state index contributed by atoms with van der Waals surface area (Å²) in [5, 5.41) is 9.16. The molecule has 1 aliphatic heterocycles. The van der Waals surface area contributed by atoms with E-state index in [-0.39, 0.29) is 0 Å². The third-order valence-electron chi connectivity index (χ3n) is 4.31. The molecule has 122 valence electrons. The Morgan fingerprint density at radius 2 is 1.91 bits per heavy atom. The van der Waals surface area contributed by atoms with E-state index in [4.69, 9.17) is 21.6 Å². The van der Waals surface area contributed by atoms with Crippen LogP contribution in [0, 0.1) is 19.8 Å². The first kappa shape index (κ1) is 17.1. The summed E-state index contributed by atoms with van der Waals surface area (Å²) in [7, 11) is 0. The van der Waals surface area contributed by atoms with Gasteiger partial charge in [-0.3, -0.25) is 0 Å². The molecule has 0 radical (unpaired) electrons. The third-order valence-corrected chi connectivity index (χ3v) is 4.64. The number of benzene rings is 1. The van der Waals surface area contributed by atoms with Gasteiger partial charge in [0.25, 0.3) is 0 Å². The second-order valence-corrected chi connectivity index (χ2v) is 6.56. The highest BCUT2D eigenvalue weighted by Crippen LogP contribution is 2.24. The number of halogens is 1. The van der Waals surface area contributed by atoms with Gasteiger partial charge in [0.05, 0.1) is 12.2 Å². The number of hydrogen-bond donors (Lipinski definition) is 1. The van der Waals surface area contributed by atoms with E-state index in [2.05, 4.69) is 0 Å². The van der Waals surface area contributed by atoms with E-state index in [0.29, 0.717) is 12.2 Å². The predicted octanol–water partition coefficient (Wildman–Crippen LogP) is 4.03. The van der Waals surface area contributed by atoms with Gasteiger partial charge in [-0.15, -0.1) is 0 Å². The highest BCUT2D eigenvalue weighted by Gasteiger charge is 2.17. The van der Waals surface area contributed by atoms with Gasteiger partial charge in [-0.25, -0.2) is 9.21 Å². The average Bonchev–Trinajstić information content (AvgIpc) is 2.44. The van der Waals surface area contributed by atoms with Crippen LogP contribution in [-0.4, -0.2) is 35.2 Å². The number of hydrogen-bond acceptors (Lipinski definition) is 3. The van der Waals surface area contributed by atoms with Gasteiger partial charge in [0.2, 0.25) is 0 Å². The van der Waals surface area contributed by atoms with Crippen LogP contribution in [-0.2, 0) is 0 Å². The molecule has 0 amide bonds. The fourth-order valence-corrected chi connectivity index (χ4v) is 3.29. The summed E-state index contributed by atoms with van der Waals surface area (Å²) in [4.78, 5) is 11.2. The summed E-state index contributed by atoms with van der Waals surface area (Å²) in [6.45, 7) is 6.24. The van der Waals surface area contributed by atoms with Gasteiger partial charge in [0.1, 0.15) is 5.75 Å². The molecule has 1 aromatic carbocycles. The fourth-order valence-electron chi connectivity index (χ4n) is 3.10. The van der Waals surface area contributed by atoms with E-state index < -0.39 is 5.97 Å². The lowest BCUT2D eigenvalue weighted by Gasteiger charge is -2.26. The van der Waals surface area contributed by atoms with Gasteiger partial charge in [0.15, 0.2) is 0 Å². The monoisotopic (exact) mass is 325 g/mol. The number of piperidine rings is 1. The van der Waals surface area contributed by atoms with Crippen LogP contribution in [0.25, 0.3) is 0 Å². The maximum atomic E-state index is 11.2. The molecule has 1 aliphatic rings. The lowest BCUT2D eigenvalue weighted by Crippen LogP contribution is -2.26. The molecule has 4 nitrogen and oxygen atoms in total. The molecule has 0 unspecified atom stereocenters. The molecular weight excluding hydrogens is 302 g/mol. The average molecular weight is 326 g/mol. The van der Waals surface area contributed by atoms with Crippen LogP contribution in [0.4, 0.5) is 0 Å². The van der Waals surface area contributed by atoms with E-state index in [1.54, 1.807) is 0 Å². The van der Waals surface area contributed by atoms with Gasteiger partial charge in [-0.2, -0.15) is 0 Å². The zero-order valence-electron chi connectivity index (χ0n) is 13.3. The second-order valence-electron chi connectivity index (χ2n) is 6.08. The molecule has 0 atom stereocenters. The Hall–Kier alpha value is -1.26. The quantitative estimate of drug-likeness (QED) is 0.634. The number of ether oxygens (including phenoxy) is 1. The van der Waals surface area contributed by atoms with Gasteiger partial charge in [0, 0.05) is 13.1 Å². The van der Waals surface area contributed by atoms with E-state index in [9.17, 15) is 4.79 Å². The number of nitrogens with zero attached hydrogens (tertiary/aromatic N) is 1. The minimum Gasteiger partial charge on any atom is -0.494 e. The zero-order valence-corrected chi connectivity index (χ0v) is 14.0. The molecule has 0 spiro atoms. The van der Waals surface area contributed by atoms with Gasteiger partial charge < -0.3 is 9.84 Å². The summed E-state index contributed by atoms with van der Waals surface area (Å²) >= 11 is 5.95. The molecule has 2 rings (SSSR count). The largest absolute Gasteiger partial charge is 0.494 e. The summed E-state index contributed by atoms with van der Waals surface area (Å²) in [5.41, 5.74) is 1.87. The SMILES string of the molecule is Cc1cc(OCCCC2CCN(Cl)CC2)cc(C)c1C(=O)O. The zero-order chi connectivity index (χ0) is 16.1. The molecule has 1 N–H and O–H groups in total. The topological polar surface area (TPSA) is 49.8 Å². The van der Waals surface area contributed by atoms with Crippen LogP contribution in [0.3, 0.4) is 0 Å². The number of aryl methyl sites for hydroxylation is 2. The van der Waals surface area contributed by atoms with Gasteiger partial charge >= 0.3 is 5.97 Å². The summed E-state index contributed by atoms with van der Waals surface area (Å²) in [6.07, 6.45) is 4.51. The molecule has 1 saturated heterocycles. The first-order valence-corrected chi connectivity index (χ1v) is 8.19. The van der Waals surface area contributed by atoms with Crippen LogP contribution < -0.4 is 4.74 Å². The highest BCUT2D eigenvalue weighted by atomic mass is 35.5. The molecule has 5 heteroatoms. The van der Waals surface area contributed by atoms with E-state index in [1.807, 2.05) is 30.4 Å². The van der Waals surface area contributed by atoms with Crippen LogP contribution in [0.15, 0.2) is 12.1 Å². The lowest BCUT2D eigenvalue weighted by atomic mass is 9.93.